The first-order chi connectivity index (χ1) is 34.9. The first-order valence-corrected chi connectivity index (χ1v) is 23.7. The molecule has 0 bridgehead atoms. The van der Waals surface area contributed by atoms with Crippen molar-refractivity contribution in [3.63, 3.8) is 0 Å². The second kappa shape index (κ2) is 27.8. The van der Waals surface area contributed by atoms with Crippen molar-refractivity contribution < 1.29 is 79.2 Å². The van der Waals surface area contributed by atoms with Gasteiger partial charge in [0.2, 0.25) is 46.6 Å². The predicted molar refractivity (Wildman–Crippen MR) is 246 cm³/mol. The third kappa shape index (κ3) is 17.1. The van der Waals surface area contributed by atoms with Crippen molar-refractivity contribution in [2.45, 2.75) is 84.4 Å². The molecule has 26 heteroatoms. The first kappa shape index (κ1) is 56.9. The molecule has 2 aliphatic carbocycles. The summed E-state index contributed by atoms with van der Waals surface area (Å²) in [5.41, 5.74) is 8.16. The summed E-state index contributed by atoms with van der Waals surface area (Å²) >= 11 is 0. The average molecular weight is 1040 g/mol. The molecule has 0 spiro atoms. The summed E-state index contributed by atoms with van der Waals surface area (Å²) in [5.74, 6) is -16.3. The van der Waals surface area contributed by atoms with Crippen LogP contribution >= 0.6 is 0 Å². The van der Waals surface area contributed by atoms with Crippen LogP contribution in [0.1, 0.15) is 69.3 Å². The minimum absolute atomic E-state index is 0.0236. The molecular formula is C47H60F5N9O12. The Labute approximate surface area is 416 Å². The van der Waals surface area contributed by atoms with E-state index in [0.29, 0.717) is 48.9 Å². The average Bonchev–Trinajstić information content (AvgIpc) is 3.87. The van der Waals surface area contributed by atoms with Crippen molar-refractivity contribution in [2.24, 2.45) is 35.3 Å². The van der Waals surface area contributed by atoms with Crippen molar-refractivity contribution >= 4 is 47.5 Å². The fourth-order valence-electron chi connectivity index (χ4n) is 8.36. The van der Waals surface area contributed by atoms with Crippen molar-refractivity contribution in [2.75, 3.05) is 58.5 Å². The number of ketones is 1. The van der Waals surface area contributed by atoms with Gasteiger partial charge >= 0.3 is 24.2 Å². The SMILES string of the molecule is CNC(=O)OCc1ccc(NC(=O)[C@H](CCCNC(N)=O)CC(=O)[C@@H](NC(=O)CCOCCn2nnc3c2CCC2C(CC3)[C@H]2COC(=O)NCCOCC(=O)Oc2c(F)c(F)c(F)c(F)c2F)C(C)C)cc1. The van der Waals surface area contributed by atoms with Crippen LogP contribution in [0.3, 0.4) is 0 Å². The molecule has 3 aromatic rings. The minimum atomic E-state index is -2.40. The number of aromatic nitrogens is 3. The summed E-state index contributed by atoms with van der Waals surface area (Å²) in [5, 5.41) is 21.6. The van der Waals surface area contributed by atoms with Crippen LogP contribution in [0.25, 0.3) is 0 Å². The summed E-state index contributed by atoms with van der Waals surface area (Å²) in [7, 11) is 1.44. The molecule has 21 nitrogen and oxygen atoms in total. The lowest BCUT2D eigenvalue weighted by Crippen LogP contribution is -2.45. The zero-order valence-electron chi connectivity index (χ0n) is 40.5. The molecule has 6 amide bonds. The molecule has 1 heterocycles. The summed E-state index contributed by atoms with van der Waals surface area (Å²) in [6.45, 7) is 3.30. The number of alkyl carbamates (subject to hydrolysis) is 2. The molecule has 73 heavy (non-hydrogen) atoms. The summed E-state index contributed by atoms with van der Waals surface area (Å²) in [6.07, 6.45) is 2.01. The van der Waals surface area contributed by atoms with Gasteiger partial charge in [-0.3, -0.25) is 14.4 Å². The van der Waals surface area contributed by atoms with Crippen LogP contribution in [0.2, 0.25) is 0 Å². The zero-order valence-corrected chi connectivity index (χ0v) is 40.5. The van der Waals surface area contributed by atoms with Crippen molar-refractivity contribution in [1.29, 1.82) is 0 Å². The number of aryl methyl sites for hydroxylation is 1. The Morgan fingerprint density at radius 1 is 0.822 bits per heavy atom. The Hall–Kier alpha value is -6.96. The maximum absolute atomic E-state index is 13.7. The number of nitrogens with zero attached hydrogens (tertiary/aromatic N) is 3. The van der Waals surface area contributed by atoms with Gasteiger partial charge in [0.15, 0.2) is 5.78 Å². The van der Waals surface area contributed by atoms with Crippen LogP contribution in [0.15, 0.2) is 24.3 Å². The van der Waals surface area contributed by atoms with E-state index in [1.54, 1.807) is 42.8 Å². The monoisotopic (exact) mass is 1040 g/mol. The van der Waals surface area contributed by atoms with Crippen LogP contribution in [0, 0.1) is 58.7 Å². The number of nitrogens with two attached hydrogens (primary N) is 1. The lowest BCUT2D eigenvalue weighted by Gasteiger charge is -2.24. The van der Waals surface area contributed by atoms with Crippen molar-refractivity contribution in [1.82, 2.24) is 36.3 Å². The molecule has 5 rings (SSSR count). The molecule has 5 atom stereocenters. The number of benzene rings is 2. The number of hydrogen-bond acceptors (Lipinski definition) is 14. The van der Waals surface area contributed by atoms with Gasteiger partial charge in [-0.1, -0.05) is 31.2 Å². The number of rotatable bonds is 27. The number of ether oxygens (including phenoxy) is 5. The molecule has 1 fully saturated rings. The second-order valence-corrected chi connectivity index (χ2v) is 17.7. The van der Waals surface area contributed by atoms with E-state index in [9.17, 15) is 55.5 Å². The molecular weight excluding hydrogens is 978 g/mol. The number of anilines is 1. The Morgan fingerprint density at radius 2 is 1.51 bits per heavy atom. The van der Waals surface area contributed by atoms with E-state index in [-0.39, 0.29) is 83.0 Å². The van der Waals surface area contributed by atoms with Gasteiger partial charge in [-0.05, 0) is 79.9 Å². The first-order valence-electron chi connectivity index (χ1n) is 23.7. The number of urea groups is 1. The van der Waals surface area contributed by atoms with Gasteiger partial charge in [-0.2, -0.15) is 8.78 Å². The van der Waals surface area contributed by atoms with Crippen LogP contribution in [-0.4, -0.2) is 116 Å². The normalized spacial score (nSPS) is 16.6. The Balaban J connectivity index is 0.982. The van der Waals surface area contributed by atoms with E-state index >= 15 is 0 Å². The molecule has 7 N–H and O–H groups in total. The topological polar surface area (TPSA) is 283 Å². The highest BCUT2D eigenvalue weighted by Crippen LogP contribution is 2.53. The minimum Gasteiger partial charge on any atom is -0.449 e. The van der Waals surface area contributed by atoms with Crippen molar-refractivity contribution in [3.8, 4) is 5.75 Å². The Morgan fingerprint density at radius 3 is 2.18 bits per heavy atom. The molecule has 2 unspecified atom stereocenters. The second-order valence-electron chi connectivity index (χ2n) is 17.7. The Kier molecular flexibility index (Phi) is 21.6. The molecule has 2 aliphatic rings. The van der Waals surface area contributed by atoms with Gasteiger partial charge in [0.25, 0.3) is 0 Å². The number of carbonyl (C=O) groups is 7. The van der Waals surface area contributed by atoms with Crippen LogP contribution in [-0.2, 0) is 64.1 Å². The van der Waals surface area contributed by atoms with E-state index in [2.05, 4.69) is 41.6 Å². The van der Waals surface area contributed by atoms with E-state index in [1.165, 1.54) is 7.05 Å². The highest BCUT2D eigenvalue weighted by molar-refractivity contribution is 5.97. The maximum Gasteiger partial charge on any atom is 0.407 e. The standard InChI is InChI=1S/C47H60F5N9O12/c1-25(2)42(34(62)21-27(5-4-15-55-45(53)66)44(65)57-28-8-6-26(7-9-28)22-71-46(67)54-3)58-35(63)14-18-69-20-17-61-33-13-11-30-29(10-12-32(33)59-60-61)31(30)23-72-47(68)56-16-19-70-24-36(64)73-43-40(51)38(49)37(48)39(50)41(43)52/h6-9,25,27,29-31,42H,4-5,10-24H2,1-3H3,(H,54,67)(H,56,68)(H,57,65)(H,58,63)(H3,53,55,66)/t27-,29?,30?,31-,42+/m1/s1. The zero-order chi connectivity index (χ0) is 53.2. The summed E-state index contributed by atoms with van der Waals surface area (Å²) in [4.78, 5) is 87.0. The molecule has 0 radical (unpaired) electrons. The molecule has 1 aromatic heterocycles. The summed E-state index contributed by atoms with van der Waals surface area (Å²) in [6, 6.07) is 5.03. The van der Waals surface area contributed by atoms with Crippen LogP contribution in [0.4, 0.5) is 42.0 Å². The smallest absolute Gasteiger partial charge is 0.407 e. The maximum atomic E-state index is 13.7. The van der Waals surface area contributed by atoms with Crippen LogP contribution in [0.5, 0.6) is 5.75 Å². The van der Waals surface area contributed by atoms with Gasteiger partial charge in [0, 0.05) is 44.6 Å². The molecule has 1 saturated carbocycles. The van der Waals surface area contributed by atoms with E-state index in [1.807, 2.05) is 0 Å². The number of primary amides is 1. The number of esters is 1. The Bertz CT molecular complexity index is 2400. The van der Waals surface area contributed by atoms with Crippen LogP contribution < -0.4 is 37.1 Å². The van der Waals surface area contributed by atoms with E-state index in [0.717, 1.165) is 24.2 Å². The highest BCUT2D eigenvalue weighted by Gasteiger charge is 2.50. The van der Waals surface area contributed by atoms with Gasteiger partial charge in [-0.25, -0.2) is 37.0 Å². The predicted octanol–water partition coefficient (Wildman–Crippen LogP) is 4.13. The molecule has 400 valence electrons. The number of nitrogens with one attached hydrogen (secondary N) is 5. The lowest BCUT2D eigenvalue weighted by molar-refractivity contribution is -0.140. The van der Waals surface area contributed by atoms with E-state index in [4.69, 9.17) is 24.7 Å². The van der Waals surface area contributed by atoms with E-state index < -0.39 is 89.4 Å². The van der Waals surface area contributed by atoms with Gasteiger partial charge in [0.1, 0.15) is 13.2 Å². The van der Waals surface area contributed by atoms with Gasteiger partial charge in [0.05, 0.1) is 50.4 Å². The number of carbonyl (C=O) groups excluding carboxylic acids is 7. The fourth-order valence-corrected chi connectivity index (χ4v) is 8.36. The van der Waals surface area contributed by atoms with Gasteiger partial charge in [-0.15, -0.1) is 5.10 Å². The van der Waals surface area contributed by atoms with Crippen molar-refractivity contribution in [3.05, 3.63) is 70.3 Å². The molecule has 2 aromatic carbocycles. The molecule has 0 saturated heterocycles. The lowest BCUT2D eigenvalue weighted by atomic mass is 9.89. The number of amides is 6. The summed E-state index contributed by atoms with van der Waals surface area (Å²) < 4.78 is 94.6. The van der Waals surface area contributed by atoms with Gasteiger partial charge < -0.3 is 56.0 Å². The molecule has 0 aliphatic heterocycles. The number of halogens is 5. The quantitative estimate of drug-likeness (QED) is 0.0157. The largest absolute Gasteiger partial charge is 0.449 e. The number of fused-ring (bicyclic) bond motifs is 2. The third-order valence-electron chi connectivity index (χ3n) is 12.3. The number of Topliss-reactive ketones (excluding diaryl/α,β-unsaturated/α-hetero) is 1. The fraction of sp³-hybridized carbons (Fsp3) is 0.553. The number of hydrogen-bond donors (Lipinski definition) is 6. The third-order valence-corrected chi connectivity index (χ3v) is 12.3. The highest BCUT2D eigenvalue weighted by atomic mass is 19.2.